The van der Waals surface area contributed by atoms with Gasteiger partial charge in [0.25, 0.3) is 0 Å². The van der Waals surface area contributed by atoms with Crippen LogP contribution < -0.4 is 5.73 Å². The van der Waals surface area contributed by atoms with Gasteiger partial charge in [-0.05, 0) is 18.6 Å². The molecule has 0 amide bonds. The first-order valence-corrected chi connectivity index (χ1v) is 3.03. The van der Waals surface area contributed by atoms with Crippen LogP contribution in [0.5, 0.6) is 0 Å². The summed E-state index contributed by atoms with van der Waals surface area (Å²) < 4.78 is 0. The first-order valence-electron chi connectivity index (χ1n) is 3.03. The lowest BCUT2D eigenvalue weighted by molar-refractivity contribution is 1.49. The van der Waals surface area contributed by atoms with Crippen molar-refractivity contribution in [2.24, 2.45) is 10.7 Å². The largest absolute Gasteiger partial charge is 0.404 e. The number of rotatable bonds is 3. The highest BCUT2D eigenvalue weighted by molar-refractivity contribution is 5.54. The maximum absolute atomic E-state index is 5.23. The van der Waals surface area contributed by atoms with Gasteiger partial charge in [-0.1, -0.05) is 12.7 Å². The van der Waals surface area contributed by atoms with E-state index in [1.54, 1.807) is 24.6 Å². The first kappa shape index (κ1) is 8.69. The first-order chi connectivity index (χ1) is 4.85. The standard InChI is InChI=1S/C8H12N2/c1-3-8(7-9)5-6-10-4-2/h3-7H,1,9H2,2H3/b6-5-,8-7-,10-4?. The smallest absolute Gasteiger partial charge is 0.0270 e. The molecule has 0 aromatic carbocycles. The fourth-order valence-electron chi connectivity index (χ4n) is 0.407. The maximum Gasteiger partial charge on any atom is 0.0270 e. The van der Waals surface area contributed by atoms with Crippen molar-refractivity contribution in [3.05, 3.63) is 36.7 Å². The molecule has 0 bridgehead atoms. The zero-order valence-electron chi connectivity index (χ0n) is 6.12. The minimum atomic E-state index is 0.866. The second kappa shape index (κ2) is 5.82. The highest BCUT2D eigenvalue weighted by Gasteiger charge is 1.77. The van der Waals surface area contributed by atoms with Gasteiger partial charge < -0.3 is 5.73 Å². The molecule has 2 nitrogen and oxygen atoms in total. The molecule has 54 valence electrons. The number of hydrogen-bond donors (Lipinski definition) is 1. The molecule has 0 atom stereocenters. The fraction of sp³-hybridized carbons (Fsp3) is 0.125. The van der Waals surface area contributed by atoms with E-state index in [9.17, 15) is 0 Å². The Bertz CT molecular complexity index is 176. The van der Waals surface area contributed by atoms with Crippen molar-refractivity contribution in [1.29, 1.82) is 0 Å². The zero-order valence-corrected chi connectivity index (χ0v) is 6.12. The summed E-state index contributed by atoms with van der Waals surface area (Å²) in [6.07, 6.45) is 8.30. The Hall–Kier alpha value is -1.31. The van der Waals surface area contributed by atoms with Gasteiger partial charge in [0, 0.05) is 18.6 Å². The highest BCUT2D eigenvalue weighted by atomic mass is 14.6. The van der Waals surface area contributed by atoms with Crippen LogP contribution in [-0.2, 0) is 0 Å². The third-order valence-electron chi connectivity index (χ3n) is 0.930. The Kier molecular flexibility index (Phi) is 5.06. The van der Waals surface area contributed by atoms with Crippen LogP contribution in [0.1, 0.15) is 6.92 Å². The Morgan fingerprint density at radius 1 is 1.60 bits per heavy atom. The summed E-state index contributed by atoms with van der Waals surface area (Å²) in [6.45, 7) is 5.41. The number of hydrogen-bond acceptors (Lipinski definition) is 2. The maximum atomic E-state index is 5.23. The lowest BCUT2D eigenvalue weighted by Crippen LogP contribution is -1.80. The van der Waals surface area contributed by atoms with E-state index in [-0.39, 0.29) is 0 Å². The third-order valence-corrected chi connectivity index (χ3v) is 0.930. The molecule has 2 N–H and O–H groups in total. The second-order valence-electron chi connectivity index (χ2n) is 1.59. The monoisotopic (exact) mass is 136 g/mol. The van der Waals surface area contributed by atoms with Crippen molar-refractivity contribution < 1.29 is 0 Å². The predicted octanol–water partition coefficient (Wildman–Crippen LogP) is 1.62. The Labute approximate surface area is 61.5 Å². The van der Waals surface area contributed by atoms with Crippen LogP contribution in [0.2, 0.25) is 0 Å². The molecule has 0 aliphatic carbocycles. The summed E-state index contributed by atoms with van der Waals surface area (Å²) in [6, 6.07) is 0. The van der Waals surface area contributed by atoms with Crippen molar-refractivity contribution >= 4 is 6.21 Å². The quantitative estimate of drug-likeness (QED) is 0.464. The summed E-state index contributed by atoms with van der Waals surface area (Å²) in [7, 11) is 0. The van der Waals surface area contributed by atoms with E-state index in [0.29, 0.717) is 0 Å². The molecule has 0 radical (unpaired) electrons. The molecule has 0 rings (SSSR count). The summed E-state index contributed by atoms with van der Waals surface area (Å²) >= 11 is 0. The lowest BCUT2D eigenvalue weighted by atomic mass is 10.3. The van der Waals surface area contributed by atoms with Crippen molar-refractivity contribution in [3.63, 3.8) is 0 Å². The van der Waals surface area contributed by atoms with Gasteiger partial charge in [0.2, 0.25) is 0 Å². The van der Waals surface area contributed by atoms with Crippen LogP contribution in [0, 0.1) is 0 Å². The summed E-state index contributed by atoms with van der Waals surface area (Å²) in [5, 5.41) is 0. The molecule has 0 spiro atoms. The number of aliphatic imine (C=N–C) groups is 1. The molecule has 0 aromatic heterocycles. The number of allylic oxidation sites excluding steroid dienone is 3. The average molecular weight is 136 g/mol. The van der Waals surface area contributed by atoms with Crippen LogP contribution in [0.25, 0.3) is 0 Å². The van der Waals surface area contributed by atoms with E-state index in [4.69, 9.17) is 5.73 Å². The van der Waals surface area contributed by atoms with E-state index in [0.717, 1.165) is 5.57 Å². The van der Waals surface area contributed by atoms with Gasteiger partial charge in [-0.3, -0.25) is 4.99 Å². The summed E-state index contributed by atoms with van der Waals surface area (Å²) in [5.74, 6) is 0. The topological polar surface area (TPSA) is 38.4 Å². The lowest BCUT2D eigenvalue weighted by Gasteiger charge is -1.85. The van der Waals surface area contributed by atoms with Gasteiger partial charge in [-0.25, -0.2) is 0 Å². The third kappa shape index (κ3) is 3.66. The van der Waals surface area contributed by atoms with Gasteiger partial charge in [0.15, 0.2) is 0 Å². The Morgan fingerprint density at radius 2 is 2.30 bits per heavy atom. The molecule has 10 heavy (non-hydrogen) atoms. The normalized spacial score (nSPS) is 13.1. The van der Waals surface area contributed by atoms with E-state index in [1.807, 2.05) is 6.92 Å². The number of nitrogens with two attached hydrogens (primary N) is 1. The number of nitrogens with zero attached hydrogens (tertiary/aromatic N) is 1. The van der Waals surface area contributed by atoms with Gasteiger partial charge in [-0.15, -0.1) is 0 Å². The van der Waals surface area contributed by atoms with Crippen molar-refractivity contribution in [2.45, 2.75) is 6.92 Å². The van der Waals surface area contributed by atoms with Crippen molar-refractivity contribution in [1.82, 2.24) is 0 Å². The molecular formula is C8H12N2. The SMILES string of the molecule is C=CC(/C=C\N=CC)=C/N. The Balaban J connectivity index is 3.98. The zero-order chi connectivity index (χ0) is 7.82. The van der Waals surface area contributed by atoms with Gasteiger partial charge in [0.1, 0.15) is 0 Å². The minimum absolute atomic E-state index is 0.866. The molecule has 0 unspecified atom stereocenters. The van der Waals surface area contributed by atoms with E-state index in [1.165, 1.54) is 6.20 Å². The van der Waals surface area contributed by atoms with Gasteiger partial charge >= 0.3 is 0 Å². The minimum Gasteiger partial charge on any atom is -0.404 e. The van der Waals surface area contributed by atoms with Crippen LogP contribution >= 0.6 is 0 Å². The van der Waals surface area contributed by atoms with Crippen molar-refractivity contribution in [3.8, 4) is 0 Å². The Morgan fingerprint density at radius 3 is 2.70 bits per heavy atom. The molecule has 0 fully saturated rings. The summed E-state index contributed by atoms with van der Waals surface area (Å²) in [5.41, 5.74) is 6.10. The molecule has 2 heteroatoms. The molecule has 0 saturated carbocycles. The average Bonchev–Trinajstić information content (AvgIpc) is 1.99. The second-order valence-corrected chi connectivity index (χ2v) is 1.59. The summed E-state index contributed by atoms with van der Waals surface area (Å²) in [4.78, 5) is 3.86. The highest BCUT2D eigenvalue weighted by Crippen LogP contribution is 1.94. The molecule has 0 aliphatic heterocycles. The van der Waals surface area contributed by atoms with Crippen LogP contribution in [0.15, 0.2) is 41.7 Å². The van der Waals surface area contributed by atoms with Crippen LogP contribution in [0.3, 0.4) is 0 Å². The molecule has 0 heterocycles. The predicted molar refractivity (Wildman–Crippen MR) is 45.8 cm³/mol. The van der Waals surface area contributed by atoms with Crippen LogP contribution in [0.4, 0.5) is 0 Å². The van der Waals surface area contributed by atoms with Gasteiger partial charge in [0.05, 0.1) is 0 Å². The van der Waals surface area contributed by atoms with E-state index in [2.05, 4.69) is 11.6 Å². The molecular weight excluding hydrogens is 124 g/mol. The molecule has 0 saturated heterocycles. The van der Waals surface area contributed by atoms with Crippen LogP contribution in [-0.4, -0.2) is 6.21 Å². The fourth-order valence-corrected chi connectivity index (χ4v) is 0.407. The van der Waals surface area contributed by atoms with E-state index >= 15 is 0 Å². The van der Waals surface area contributed by atoms with E-state index < -0.39 is 0 Å². The molecule has 0 aliphatic rings. The molecule has 0 aromatic rings. The van der Waals surface area contributed by atoms with Crippen molar-refractivity contribution in [2.75, 3.05) is 0 Å². The van der Waals surface area contributed by atoms with Gasteiger partial charge in [-0.2, -0.15) is 0 Å².